The van der Waals surface area contributed by atoms with Gasteiger partial charge in [0.05, 0.1) is 6.61 Å². The van der Waals surface area contributed by atoms with E-state index in [9.17, 15) is 0 Å². The first-order valence-electron chi connectivity index (χ1n) is 5.39. The van der Waals surface area contributed by atoms with Crippen LogP contribution >= 0.6 is 0 Å². The van der Waals surface area contributed by atoms with E-state index in [-0.39, 0.29) is 6.04 Å². The van der Waals surface area contributed by atoms with Crippen LogP contribution in [-0.2, 0) is 4.74 Å². The summed E-state index contributed by atoms with van der Waals surface area (Å²) in [4.78, 5) is 0. The number of rotatable bonds is 4. The quantitative estimate of drug-likeness (QED) is 0.731. The largest absolute Gasteiger partial charge is 0.383 e. The van der Waals surface area contributed by atoms with Crippen molar-refractivity contribution in [2.75, 3.05) is 20.3 Å². The van der Waals surface area contributed by atoms with Gasteiger partial charge in [-0.25, -0.2) is 0 Å². The summed E-state index contributed by atoms with van der Waals surface area (Å²) in [7, 11) is 1.72. The van der Waals surface area contributed by atoms with Gasteiger partial charge >= 0.3 is 0 Å². The highest BCUT2D eigenvalue weighted by Gasteiger charge is 2.27. The molecular weight excluding hydrogens is 188 g/mol. The van der Waals surface area contributed by atoms with Crippen LogP contribution in [0.2, 0.25) is 0 Å². The van der Waals surface area contributed by atoms with E-state index in [0.29, 0.717) is 6.04 Å². The Morgan fingerprint density at radius 2 is 2.13 bits per heavy atom. The van der Waals surface area contributed by atoms with Crippen LogP contribution < -0.4 is 11.1 Å². The zero-order valence-corrected chi connectivity index (χ0v) is 9.07. The summed E-state index contributed by atoms with van der Waals surface area (Å²) < 4.78 is 5.02. The summed E-state index contributed by atoms with van der Waals surface area (Å²) in [6.07, 6.45) is 0.989. The van der Waals surface area contributed by atoms with E-state index in [0.717, 1.165) is 19.6 Å². The van der Waals surface area contributed by atoms with E-state index in [4.69, 9.17) is 10.5 Å². The Morgan fingerprint density at radius 3 is 2.87 bits per heavy atom. The highest BCUT2D eigenvalue weighted by molar-refractivity contribution is 5.37. The van der Waals surface area contributed by atoms with E-state index < -0.39 is 0 Å². The molecule has 0 aromatic heterocycles. The highest BCUT2D eigenvalue weighted by Crippen LogP contribution is 2.36. The minimum absolute atomic E-state index is 0.182. The van der Waals surface area contributed by atoms with Crippen molar-refractivity contribution in [3.8, 4) is 0 Å². The van der Waals surface area contributed by atoms with E-state index in [2.05, 4.69) is 29.6 Å². The summed E-state index contributed by atoms with van der Waals surface area (Å²) >= 11 is 0. The van der Waals surface area contributed by atoms with Gasteiger partial charge < -0.3 is 15.8 Å². The van der Waals surface area contributed by atoms with Crippen molar-refractivity contribution < 1.29 is 4.74 Å². The Balaban J connectivity index is 2.04. The van der Waals surface area contributed by atoms with E-state index in [1.807, 2.05) is 0 Å². The summed E-state index contributed by atoms with van der Waals surface area (Å²) in [6, 6.07) is 8.98. The van der Waals surface area contributed by atoms with Gasteiger partial charge in [0.15, 0.2) is 0 Å². The van der Waals surface area contributed by atoms with E-state index >= 15 is 0 Å². The number of nitrogens with two attached hydrogens (primary N) is 1. The fraction of sp³-hybridized carbons (Fsp3) is 0.500. The van der Waals surface area contributed by atoms with Crippen molar-refractivity contribution in [1.29, 1.82) is 0 Å². The topological polar surface area (TPSA) is 47.3 Å². The van der Waals surface area contributed by atoms with Crippen LogP contribution in [0.3, 0.4) is 0 Å². The summed E-state index contributed by atoms with van der Waals surface area (Å²) in [5.74, 6) is 0. The molecule has 2 unspecified atom stereocenters. The second kappa shape index (κ2) is 4.75. The maximum Gasteiger partial charge on any atom is 0.0587 e. The Kier molecular flexibility index (Phi) is 3.36. The van der Waals surface area contributed by atoms with Gasteiger partial charge in [-0.3, -0.25) is 0 Å². The summed E-state index contributed by atoms with van der Waals surface area (Å²) in [5.41, 5.74) is 8.70. The third-order valence-electron chi connectivity index (χ3n) is 2.96. The van der Waals surface area contributed by atoms with Crippen LogP contribution in [0.1, 0.15) is 29.6 Å². The fourth-order valence-electron chi connectivity index (χ4n) is 2.20. The predicted octanol–water partition coefficient (Wildman–Crippen LogP) is 1.37. The smallest absolute Gasteiger partial charge is 0.0587 e. The number of hydrogen-bond acceptors (Lipinski definition) is 3. The standard InChI is InChI=1S/C12H18N2O/c1-15-7-6-14-12-8-11(13)9-4-2-3-5-10(9)12/h2-5,11-12,14H,6-8,13H2,1H3. The average molecular weight is 206 g/mol. The Morgan fingerprint density at radius 1 is 1.40 bits per heavy atom. The van der Waals surface area contributed by atoms with Crippen molar-refractivity contribution in [1.82, 2.24) is 5.32 Å². The summed E-state index contributed by atoms with van der Waals surface area (Å²) in [6.45, 7) is 1.62. The van der Waals surface area contributed by atoms with E-state index in [1.54, 1.807) is 7.11 Å². The lowest BCUT2D eigenvalue weighted by atomic mass is 10.1. The lowest BCUT2D eigenvalue weighted by molar-refractivity contribution is 0.195. The molecule has 0 amide bonds. The normalized spacial score (nSPS) is 24.1. The molecule has 0 aliphatic heterocycles. The maximum absolute atomic E-state index is 6.07. The molecule has 1 aromatic rings. The Hall–Kier alpha value is -0.900. The van der Waals surface area contributed by atoms with Gasteiger partial charge in [-0.05, 0) is 17.5 Å². The van der Waals surface area contributed by atoms with Gasteiger partial charge in [-0.1, -0.05) is 24.3 Å². The fourth-order valence-corrected chi connectivity index (χ4v) is 2.20. The minimum Gasteiger partial charge on any atom is -0.383 e. The first kappa shape index (κ1) is 10.6. The molecule has 3 N–H and O–H groups in total. The molecule has 2 rings (SSSR count). The molecule has 1 aliphatic rings. The minimum atomic E-state index is 0.182. The van der Waals surface area contributed by atoms with Crippen molar-refractivity contribution >= 4 is 0 Å². The Labute approximate surface area is 90.6 Å². The molecule has 15 heavy (non-hydrogen) atoms. The zero-order chi connectivity index (χ0) is 10.7. The molecule has 0 spiro atoms. The number of nitrogens with one attached hydrogen (secondary N) is 1. The summed E-state index contributed by atoms with van der Waals surface area (Å²) in [5, 5.41) is 3.46. The number of methoxy groups -OCH3 is 1. The Bertz CT molecular complexity index is 327. The lowest BCUT2D eigenvalue weighted by Crippen LogP contribution is -2.23. The van der Waals surface area contributed by atoms with Gasteiger partial charge in [0.1, 0.15) is 0 Å². The zero-order valence-electron chi connectivity index (χ0n) is 9.07. The van der Waals surface area contributed by atoms with Crippen LogP contribution in [0.15, 0.2) is 24.3 Å². The van der Waals surface area contributed by atoms with Crippen LogP contribution in [-0.4, -0.2) is 20.3 Å². The van der Waals surface area contributed by atoms with Gasteiger partial charge in [0.2, 0.25) is 0 Å². The average Bonchev–Trinajstić information content (AvgIpc) is 2.58. The molecular formula is C12H18N2O. The van der Waals surface area contributed by atoms with Crippen molar-refractivity contribution in [3.05, 3.63) is 35.4 Å². The molecule has 0 bridgehead atoms. The van der Waals surface area contributed by atoms with Crippen molar-refractivity contribution in [2.45, 2.75) is 18.5 Å². The molecule has 3 heteroatoms. The molecule has 3 nitrogen and oxygen atoms in total. The third-order valence-corrected chi connectivity index (χ3v) is 2.96. The second-order valence-corrected chi connectivity index (χ2v) is 3.97. The highest BCUT2D eigenvalue weighted by atomic mass is 16.5. The number of benzene rings is 1. The van der Waals surface area contributed by atoms with Crippen LogP contribution in [0, 0.1) is 0 Å². The van der Waals surface area contributed by atoms with Crippen molar-refractivity contribution in [3.63, 3.8) is 0 Å². The van der Waals surface area contributed by atoms with Crippen molar-refractivity contribution in [2.24, 2.45) is 5.73 Å². The molecule has 0 fully saturated rings. The third kappa shape index (κ3) is 2.20. The molecule has 1 aromatic carbocycles. The maximum atomic E-state index is 6.07. The monoisotopic (exact) mass is 206 g/mol. The molecule has 2 atom stereocenters. The lowest BCUT2D eigenvalue weighted by Gasteiger charge is -2.13. The van der Waals surface area contributed by atoms with Crippen LogP contribution in [0.25, 0.3) is 0 Å². The first-order chi connectivity index (χ1) is 7.33. The van der Waals surface area contributed by atoms with E-state index in [1.165, 1.54) is 11.1 Å². The van der Waals surface area contributed by atoms with Gasteiger partial charge in [-0.15, -0.1) is 0 Å². The number of ether oxygens (including phenoxy) is 1. The molecule has 0 saturated heterocycles. The van der Waals surface area contributed by atoms with Crippen LogP contribution in [0.5, 0.6) is 0 Å². The first-order valence-corrected chi connectivity index (χ1v) is 5.39. The molecule has 0 radical (unpaired) electrons. The predicted molar refractivity (Wildman–Crippen MR) is 60.6 cm³/mol. The molecule has 0 saturated carbocycles. The molecule has 82 valence electrons. The van der Waals surface area contributed by atoms with Crippen LogP contribution in [0.4, 0.5) is 0 Å². The molecule has 1 aliphatic carbocycles. The second-order valence-electron chi connectivity index (χ2n) is 3.97. The van der Waals surface area contributed by atoms with Gasteiger partial charge in [0, 0.05) is 25.7 Å². The SMILES string of the molecule is COCCNC1CC(N)c2ccccc21. The number of fused-ring (bicyclic) bond motifs is 1. The van der Waals surface area contributed by atoms with Gasteiger partial charge in [0.25, 0.3) is 0 Å². The number of hydrogen-bond donors (Lipinski definition) is 2. The molecule has 0 heterocycles. The van der Waals surface area contributed by atoms with Gasteiger partial charge in [-0.2, -0.15) is 0 Å².